The lowest BCUT2D eigenvalue weighted by Gasteiger charge is -2.28. The van der Waals surface area contributed by atoms with E-state index in [1.54, 1.807) is 4.90 Å². The smallest absolute Gasteiger partial charge is 0.326 e. The van der Waals surface area contributed by atoms with E-state index < -0.39 is 12.0 Å². The number of carboxylic acids is 1. The van der Waals surface area contributed by atoms with Crippen LogP contribution in [0.3, 0.4) is 0 Å². The third-order valence-electron chi connectivity index (χ3n) is 5.27. The number of rotatable bonds is 2. The summed E-state index contributed by atoms with van der Waals surface area (Å²) in [6.07, 6.45) is 3.99. The van der Waals surface area contributed by atoms with Crippen molar-refractivity contribution in [2.24, 2.45) is 17.8 Å². The Balaban J connectivity index is 1.79. The molecule has 0 aromatic carbocycles. The number of nitrogens with zero attached hydrogens (tertiary/aromatic N) is 1. The van der Waals surface area contributed by atoms with Crippen LogP contribution in [0.1, 0.15) is 32.6 Å². The summed E-state index contributed by atoms with van der Waals surface area (Å²) in [4.78, 5) is 25.8. The van der Waals surface area contributed by atoms with Gasteiger partial charge in [0.25, 0.3) is 0 Å². The zero-order chi connectivity index (χ0) is 13.6. The van der Waals surface area contributed by atoms with Crippen molar-refractivity contribution in [2.45, 2.75) is 44.7 Å². The molecule has 3 fully saturated rings. The first-order chi connectivity index (χ1) is 9.09. The summed E-state index contributed by atoms with van der Waals surface area (Å²) in [6, 6.07) is -0.407. The van der Waals surface area contributed by atoms with Crippen LogP contribution >= 0.6 is 0 Å². The molecule has 2 aliphatic heterocycles. The number of hydrogen-bond donors (Lipinski definition) is 2. The first-order valence-corrected chi connectivity index (χ1v) is 7.36. The number of likely N-dealkylation sites (tertiary alicyclic amines) is 1. The van der Waals surface area contributed by atoms with Gasteiger partial charge in [0.2, 0.25) is 5.91 Å². The molecule has 5 unspecified atom stereocenters. The van der Waals surface area contributed by atoms with E-state index in [9.17, 15) is 14.7 Å². The van der Waals surface area contributed by atoms with E-state index in [1.165, 1.54) is 0 Å². The average Bonchev–Trinajstić information content (AvgIpc) is 3.00. The molecule has 0 bridgehead atoms. The van der Waals surface area contributed by atoms with Crippen molar-refractivity contribution in [2.75, 3.05) is 13.1 Å². The third-order valence-corrected chi connectivity index (χ3v) is 5.27. The van der Waals surface area contributed by atoms with Gasteiger partial charge in [-0.25, -0.2) is 4.79 Å². The molecule has 2 heterocycles. The van der Waals surface area contributed by atoms with Crippen LogP contribution in [-0.2, 0) is 9.59 Å². The molecular formula is C14H22N2O3. The van der Waals surface area contributed by atoms with E-state index in [1.807, 2.05) is 6.92 Å². The molecule has 5 nitrogen and oxygen atoms in total. The second-order valence-corrected chi connectivity index (χ2v) is 6.27. The highest BCUT2D eigenvalue weighted by Crippen LogP contribution is 2.43. The number of fused-ring (bicyclic) bond motifs is 1. The lowest BCUT2D eigenvalue weighted by Crippen LogP contribution is -2.47. The summed E-state index contributed by atoms with van der Waals surface area (Å²) < 4.78 is 0. The van der Waals surface area contributed by atoms with Crippen molar-refractivity contribution in [1.29, 1.82) is 0 Å². The van der Waals surface area contributed by atoms with Gasteiger partial charge in [0.05, 0.1) is 5.92 Å². The Kier molecular flexibility index (Phi) is 3.25. The molecule has 2 saturated heterocycles. The fraction of sp³-hybridized carbons (Fsp3) is 0.857. The molecule has 5 heteroatoms. The molecular weight excluding hydrogens is 244 g/mol. The molecule has 5 atom stereocenters. The van der Waals surface area contributed by atoms with Crippen LogP contribution in [-0.4, -0.2) is 47.1 Å². The van der Waals surface area contributed by atoms with E-state index in [2.05, 4.69) is 5.32 Å². The summed E-state index contributed by atoms with van der Waals surface area (Å²) in [5.74, 6) is -0.206. The van der Waals surface area contributed by atoms with Gasteiger partial charge in [0.1, 0.15) is 6.04 Å². The molecule has 0 radical (unpaired) electrons. The standard InChI is InChI=1S/C14H22N2O3/c1-8-10(5-6-15-8)13(17)16-7-9-3-2-4-11(9)12(16)14(18)19/h8-12,15H,2-7H2,1H3,(H,18,19). The minimum atomic E-state index is -0.818. The summed E-state index contributed by atoms with van der Waals surface area (Å²) in [5, 5.41) is 12.8. The van der Waals surface area contributed by atoms with Crippen molar-refractivity contribution in [3.8, 4) is 0 Å². The average molecular weight is 266 g/mol. The second kappa shape index (κ2) is 4.78. The number of hydrogen-bond acceptors (Lipinski definition) is 3. The topological polar surface area (TPSA) is 69.6 Å². The van der Waals surface area contributed by atoms with Gasteiger partial charge < -0.3 is 15.3 Å². The lowest BCUT2D eigenvalue weighted by atomic mass is 9.94. The molecule has 0 spiro atoms. The molecule has 0 aromatic heterocycles. The van der Waals surface area contributed by atoms with Crippen molar-refractivity contribution < 1.29 is 14.7 Å². The van der Waals surface area contributed by atoms with Gasteiger partial charge in [0, 0.05) is 12.6 Å². The number of carboxylic acid groups (broad SMARTS) is 1. The zero-order valence-corrected chi connectivity index (χ0v) is 11.3. The monoisotopic (exact) mass is 266 g/mol. The molecule has 1 aliphatic carbocycles. The summed E-state index contributed by atoms with van der Waals surface area (Å²) >= 11 is 0. The molecule has 106 valence electrons. The van der Waals surface area contributed by atoms with Crippen molar-refractivity contribution >= 4 is 11.9 Å². The number of carbonyl (C=O) groups is 2. The maximum absolute atomic E-state index is 12.6. The van der Waals surface area contributed by atoms with Gasteiger partial charge in [0.15, 0.2) is 0 Å². The Hall–Kier alpha value is -1.10. The fourth-order valence-electron chi connectivity index (χ4n) is 4.26. The van der Waals surface area contributed by atoms with Gasteiger partial charge >= 0.3 is 5.97 Å². The molecule has 0 aromatic rings. The quantitative estimate of drug-likeness (QED) is 0.772. The van der Waals surface area contributed by atoms with Crippen molar-refractivity contribution in [1.82, 2.24) is 10.2 Å². The zero-order valence-electron chi connectivity index (χ0n) is 11.3. The van der Waals surface area contributed by atoms with Gasteiger partial charge in [-0.2, -0.15) is 0 Å². The van der Waals surface area contributed by atoms with Crippen LogP contribution in [0.25, 0.3) is 0 Å². The SMILES string of the molecule is CC1NCCC1C(=O)N1CC2CCCC2C1C(=O)O. The predicted molar refractivity (Wildman–Crippen MR) is 69.5 cm³/mol. The highest BCUT2D eigenvalue weighted by atomic mass is 16.4. The molecule has 1 saturated carbocycles. The Morgan fingerprint density at radius 3 is 2.68 bits per heavy atom. The normalized spacial score (nSPS) is 41.5. The van der Waals surface area contributed by atoms with E-state index >= 15 is 0 Å². The molecule has 3 rings (SSSR count). The summed E-state index contributed by atoms with van der Waals surface area (Å²) in [7, 11) is 0. The van der Waals surface area contributed by atoms with Crippen LogP contribution in [0.5, 0.6) is 0 Å². The first-order valence-electron chi connectivity index (χ1n) is 7.36. The minimum absolute atomic E-state index is 0.0410. The Bertz CT molecular complexity index is 398. The van der Waals surface area contributed by atoms with E-state index in [0.29, 0.717) is 12.5 Å². The van der Waals surface area contributed by atoms with Gasteiger partial charge in [-0.1, -0.05) is 6.42 Å². The van der Waals surface area contributed by atoms with E-state index in [4.69, 9.17) is 0 Å². The van der Waals surface area contributed by atoms with Gasteiger partial charge in [-0.3, -0.25) is 4.79 Å². The van der Waals surface area contributed by atoms with Gasteiger partial charge in [-0.15, -0.1) is 0 Å². The number of nitrogens with one attached hydrogen (secondary N) is 1. The Morgan fingerprint density at radius 1 is 1.26 bits per heavy atom. The highest BCUT2D eigenvalue weighted by molar-refractivity contribution is 5.86. The molecule has 3 aliphatic rings. The molecule has 19 heavy (non-hydrogen) atoms. The van der Waals surface area contributed by atoms with Crippen LogP contribution in [0.4, 0.5) is 0 Å². The van der Waals surface area contributed by atoms with Crippen LogP contribution < -0.4 is 5.32 Å². The van der Waals surface area contributed by atoms with Crippen LogP contribution in [0.15, 0.2) is 0 Å². The Labute approximate surface area is 113 Å². The molecule has 2 N–H and O–H groups in total. The maximum Gasteiger partial charge on any atom is 0.326 e. The summed E-state index contributed by atoms with van der Waals surface area (Å²) in [6.45, 7) is 3.53. The Morgan fingerprint density at radius 2 is 2.05 bits per heavy atom. The van der Waals surface area contributed by atoms with E-state index in [0.717, 1.165) is 32.2 Å². The number of aliphatic carboxylic acids is 1. The second-order valence-electron chi connectivity index (χ2n) is 6.27. The maximum atomic E-state index is 12.6. The predicted octanol–water partition coefficient (Wildman–Crippen LogP) is 0.696. The van der Waals surface area contributed by atoms with Crippen LogP contribution in [0, 0.1) is 17.8 Å². The van der Waals surface area contributed by atoms with Crippen LogP contribution in [0.2, 0.25) is 0 Å². The number of amides is 1. The fourth-order valence-corrected chi connectivity index (χ4v) is 4.26. The third kappa shape index (κ3) is 2.04. The minimum Gasteiger partial charge on any atom is -0.480 e. The number of carbonyl (C=O) groups excluding carboxylic acids is 1. The van der Waals surface area contributed by atoms with Crippen molar-refractivity contribution in [3.05, 3.63) is 0 Å². The first kappa shape index (κ1) is 12.9. The largest absolute Gasteiger partial charge is 0.480 e. The molecule has 1 amide bonds. The van der Waals surface area contributed by atoms with Gasteiger partial charge in [-0.05, 0) is 44.6 Å². The van der Waals surface area contributed by atoms with E-state index in [-0.39, 0.29) is 23.8 Å². The van der Waals surface area contributed by atoms with Crippen molar-refractivity contribution in [3.63, 3.8) is 0 Å². The lowest BCUT2D eigenvalue weighted by molar-refractivity contribution is -0.151. The highest BCUT2D eigenvalue weighted by Gasteiger charge is 2.51. The summed E-state index contributed by atoms with van der Waals surface area (Å²) in [5.41, 5.74) is 0.